The second-order valence-electron chi connectivity index (χ2n) is 6.06. The largest absolute Gasteiger partial charge is 0.353 e. The average Bonchev–Trinajstić information content (AvgIpc) is 2.93. The van der Waals surface area contributed by atoms with Crippen molar-refractivity contribution in [3.8, 4) is 0 Å². The van der Waals surface area contributed by atoms with Gasteiger partial charge in [0.1, 0.15) is 11.2 Å². The van der Waals surface area contributed by atoms with Gasteiger partial charge in [0.2, 0.25) is 0 Å². The van der Waals surface area contributed by atoms with Crippen molar-refractivity contribution in [2.45, 2.75) is 45.2 Å². The van der Waals surface area contributed by atoms with Crippen molar-refractivity contribution in [2.24, 2.45) is 0 Å². The molecular formula is C18H20N2OS. The van der Waals surface area contributed by atoms with Crippen molar-refractivity contribution in [1.82, 2.24) is 5.32 Å². The first-order valence-corrected chi connectivity index (χ1v) is 8.88. The van der Waals surface area contributed by atoms with Crippen LogP contribution < -0.4 is 10.6 Å². The third-order valence-electron chi connectivity index (χ3n) is 4.67. The van der Waals surface area contributed by atoms with Gasteiger partial charge in [-0.3, -0.25) is 4.79 Å². The van der Waals surface area contributed by atoms with Crippen LogP contribution in [0.3, 0.4) is 0 Å². The number of thiophene rings is 1. The molecule has 2 N–H and O–H groups in total. The standard InChI is InChI=1S/C18H20N2OS/c1-2-11-7-9-12(10-8-11)16-19-17(21)15-13-5-3-4-6-14(13)22-18(15)20-16/h7-10,16,20H,2-6H2,1H3,(H,19,21)/t16-/m0/s1. The number of amides is 1. The Morgan fingerprint density at radius 3 is 2.68 bits per heavy atom. The summed E-state index contributed by atoms with van der Waals surface area (Å²) in [5.74, 6) is 0.0812. The number of benzene rings is 1. The molecule has 114 valence electrons. The minimum atomic E-state index is -0.119. The normalized spacial score (nSPS) is 19.9. The van der Waals surface area contributed by atoms with Gasteiger partial charge in [0, 0.05) is 4.88 Å². The molecule has 0 saturated heterocycles. The summed E-state index contributed by atoms with van der Waals surface area (Å²) in [7, 11) is 0. The quantitative estimate of drug-likeness (QED) is 0.878. The van der Waals surface area contributed by atoms with Crippen molar-refractivity contribution in [1.29, 1.82) is 0 Å². The number of hydrogen-bond donors (Lipinski definition) is 2. The smallest absolute Gasteiger partial charge is 0.256 e. The molecule has 1 aromatic carbocycles. The maximum atomic E-state index is 12.6. The summed E-state index contributed by atoms with van der Waals surface area (Å²) in [5.41, 5.74) is 4.62. The third-order valence-corrected chi connectivity index (χ3v) is 5.89. The maximum Gasteiger partial charge on any atom is 0.256 e. The van der Waals surface area contributed by atoms with Crippen LogP contribution in [0.4, 0.5) is 5.00 Å². The molecule has 22 heavy (non-hydrogen) atoms. The summed E-state index contributed by atoms with van der Waals surface area (Å²) in [6.45, 7) is 2.15. The first-order chi connectivity index (χ1) is 10.8. The Morgan fingerprint density at radius 2 is 1.91 bits per heavy atom. The summed E-state index contributed by atoms with van der Waals surface area (Å²) in [6.07, 6.45) is 5.53. The molecule has 0 radical (unpaired) electrons. The van der Waals surface area contributed by atoms with E-state index in [1.807, 2.05) is 0 Å². The maximum absolute atomic E-state index is 12.6. The Hall–Kier alpha value is -1.81. The fourth-order valence-electron chi connectivity index (χ4n) is 3.39. The monoisotopic (exact) mass is 312 g/mol. The number of anilines is 1. The van der Waals surface area contributed by atoms with Crippen molar-refractivity contribution in [2.75, 3.05) is 5.32 Å². The lowest BCUT2D eigenvalue weighted by atomic mass is 9.94. The molecule has 0 bridgehead atoms. The Labute approximate surface area is 134 Å². The van der Waals surface area contributed by atoms with Gasteiger partial charge in [0.25, 0.3) is 5.91 Å². The zero-order valence-corrected chi connectivity index (χ0v) is 13.6. The average molecular weight is 312 g/mol. The van der Waals surface area contributed by atoms with E-state index >= 15 is 0 Å². The molecule has 4 rings (SSSR count). The SMILES string of the molecule is CCc1ccc([C@H]2NC(=O)c3c(sc4c3CCCC4)N2)cc1. The van der Waals surface area contributed by atoms with E-state index in [9.17, 15) is 4.79 Å². The van der Waals surface area contributed by atoms with Crippen LogP contribution in [0.2, 0.25) is 0 Å². The lowest BCUT2D eigenvalue weighted by molar-refractivity contribution is 0.0935. The summed E-state index contributed by atoms with van der Waals surface area (Å²) >= 11 is 1.78. The van der Waals surface area contributed by atoms with Crippen LogP contribution in [0.1, 0.15) is 57.9 Å². The van der Waals surface area contributed by atoms with Crippen LogP contribution in [0.25, 0.3) is 0 Å². The van der Waals surface area contributed by atoms with Gasteiger partial charge in [-0.15, -0.1) is 11.3 Å². The first kappa shape index (κ1) is 13.8. The Morgan fingerprint density at radius 1 is 1.14 bits per heavy atom. The molecular weight excluding hydrogens is 292 g/mol. The van der Waals surface area contributed by atoms with E-state index in [1.165, 1.54) is 28.8 Å². The predicted molar refractivity (Wildman–Crippen MR) is 90.6 cm³/mol. The Bertz CT molecular complexity index is 717. The van der Waals surface area contributed by atoms with Gasteiger partial charge < -0.3 is 10.6 Å². The molecule has 2 heterocycles. The number of carbonyl (C=O) groups is 1. The number of carbonyl (C=O) groups excluding carboxylic acids is 1. The van der Waals surface area contributed by atoms with Gasteiger partial charge in [-0.25, -0.2) is 0 Å². The lowest BCUT2D eigenvalue weighted by Crippen LogP contribution is -2.38. The van der Waals surface area contributed by atoms with Crippen molar-refractivity contribution in [3.63, 3.8) is 0 Å². The van der Waals surface area contributed by atoms with Gasteiger partial charge in [-0.1, -0.05) is 31.2 Å². The molecule has 1 aliphatic carbocycles. The van der Waals surface area contributed by atoms with Crippen LogP contribution in [0.15, 0.2) is 24.3 Å². The first-order valence-electron chi connectivity index (χ1n) is 8.07. The fourth-order valence-corrected chi connectivity index (χ4v) is 4.71. The van der Waals surface area contributed by atoms with Crippen molar-refractivity contribution in [3.05, 3.63) is 51.4 Å². The van der Waals surface area contributed by atoms with Crippen LogP contribution >= 0.6 is 11.3 Å². The molecule has 2 aromatic rings. The zero-order valence-electron chi connectivity index (χ0n) is 12.7. The molecule has 3 nitrogen and oxygen atoms in total. The molecule has 2 aliphatic rings. The van der Waals surface area contributed by atoms with E-state index in [4.69, 9.17) is 0 Å². The molecule has 0 unspecified atom stereocenters. The van der Waals surface area contributed by atoms with E-state index < -0.39 is 0 Å². The summed E-state index contributed by atoms with van der Waals surface area (Å²) < 4.78 is 0. The van der Waals surface area contributed by atoms with Crippen molar-refractivity contribution >= 4 is 22.2 Å². The van der Waals surface area contributed by atoms with Crippen LogP contribution in [0, 0.1) is 0 Å². The highest BCUT2D eigenvalue weighted by atomic mass is 32.1. The van der Waals surface area contributed by atoms with Crippen LogP contribution in [-0.2, 0) is 19.3 Å². The lowest BCUT2D eigenvalue weighted by Gasteiger charge is -2.27. The summed E-state index contributed by atoms with van der Waals surface area (Å²) in [4.78, 5) is 14.0. The predicted octanol–water partition coefficient (Wildman–Crippen LogP) is 4.04. The molecule has 1 aliphatic heterocycles. The molecule has 0 fully saturated rings. The van der Waals surface area contributed by atoms with Gasteiger partial charge in [-0.05, 0) is 48.8 Å². The molecule has 0 saturated carbocycles. The Balaban J connectivity index is 1.66. The molecule has 4 heteroatoms. The number of nitrogens with one attached hydrogen (secondary N) is 2. The fraction of sp³-hybridized carbons (Fsp3) is 0.389. The highest BCUT2D eigenvalue weighted by Gasteiger charge is 2.31. The second-order valence-corrected chi connectivity index (χ2v) is 7.17. The second kappa shape index (κ2) is 5.43. The highest BCUT2D eigenvalue weighted by molar-refractivity contribution is 7.16. The number of fused-ring (bicyclic) bond motifs is 3. The van der Waals surface area contributed by atoms with E-state index in [1.54, 1.807) is 11.3 Å². The van der Waals surface area contributed by atoms with Crippen LogP contribution in [-0.4, -0.2) is 5.91 Å². The van der Waals surface area contributed by atoms with E-state index in [0.29, 0.717) is 0 Å². The zero-order chi connectivity index (χ0) is 15.1. The number of aryl methyl sites for hydroxylation is 2. The summed E-state index contributed by atoms with van der Waals surface area (Å²) in [6, 6.07) is 8.49. The topological polar surface area (TPSA) is 41.1 Å². The van der Waals surface area contributed by atoms with Crippen LogP contribution in [0.5, 0.6) is 0 Å². The molecule has 1 amide bonds. The van der Waals surface area contributed by atoms with Gasteiger partial charge >= 0.3 is 0 Å². The highest BCUT2D eigenvalue weighted by Crippen LogP contribution is 2.41. The van der Waals surface area contributed by atoms with Gasteiger partial charge in [0.05, 0.1) is 5.56 Å². The third kappa shape index (κ3) is 2.22. The Kier molecular flexibility index (Phi) is 3.41. The van der Waals surface area contributed by atoms with E-state index in [2.05, 4.69) is 41.8 Å². The number of hydrogen-bond acceptors (Lipinski definition) is 3. The van der Waals surface area contributed by atoms with Gasteiger partial charge in [-0.2, -0.15) is 0 Å². The van der Waals surface area contributed by atoms with E-state index in [-0.39, 0.29) is 12.1 Å². The summed E-state index contributed by atoms with van der Waals surface area (Å²) in [5, 5.41) is 7.70. The van der Waals surface area contributed by atoms with Gasteiger partial charge in [0.15, 0.2) is 0 Å². The van der Waals surface area contributed by atoms with E-state index in [0.717, 1.165) is 35.4 Å². The minimum Gasteiger partial charge on any atom is -0.353 e. The minimum absolute atomic E-state index is 0.0812. The molecule has 0 spiro atoms. The molecule has 1 atom stereocenters. The van der Waals surface area contributed by atoms with Crippen molar-refractivity contribution < 1.29 is 4.79 Å². The number of rotatable bonds is 2. The molecule has 1 aromatic heterocycles.